The molecule has 17 heavy (non-hydrogen) atoms. The summed E-state index contributed by atoms with van der Waals surface area (Å²) in [5.41, 5.74) is 6.21. The van der Waals surface area contributed by atoms with Crippen molar-refractivity contribution in [1.29, 1.82) is 0 Å². The third kappa shape index (κ3) is 4.29. The molecular weight excluding hydrogens is 226 g/mol. The van der Waals surface area contributed by atoms with Crippen LogP contribution in [0.1, 0.15) is 12.0 Å². The smallest absolute Gasteiger partial charge is 0.432 e. The molecule has 0 unspecified atom stereocenters. The quantitative estimate of drug-likeness (QED) is 0.356. The Morgan fingerprint density at radius 3 is 2.47 bits per heavy atom. The molecule has 7 heteroatoms. The zero-order chi connectivity index (χ0) is 12.8. The fourth-order valence-electron chi connectivity index (χ4n) is 1.24. The van der Waals surface area contributed by atoms with Crippen LogP contribution in [0, 0.1) is 10.1 Å². The first kappa shape index (κ1) is 12.6. The molecule has 0 heterocycles. The van der Waals surface area contributed by atoms with E-state index in [1.807, 2.05) is 0 Å². The minimum atomic E-state index is -1.33. The van der Waals surface area contributed by atoms with E-state index in [-0.39, 0.29) is 11.5 Å². The summed E-state index contributed by atoms with van der Waals surface area (Å²) in [6.07, 6.45) is -0.545. The maximum absolute atomic E-state index is 10.4. The highest BCUT2D eigenvalue weighted by Gasteiger charge is 2.04. The molecule has 0 aliphatic carbocycles. The molecule has 3 N–H and O–H groups in total. The van der Waals surface area contributed by atoms with Crippen LogP contribution in [-0.4, -0.2) is 22.0 Å². The number of nitrogens with zero attached hydrogens (tertiary/aromatic N) is 2. The van der Waals surface area contributed by atoms with Gasteiger partial charge >= 0.3 is 6.09 Å². The molecule has 0 saturated carbocycles. The molecule has 7 nitrogen and oxygen atoms in total. The first-order chi connectivity index (χ1) is 7.99. The Morgan fingerprint density at radius 2 is 2.00 bits per heavy atom. The van der Waals surface area contributed by atoms with Crippen molar-refractivity contribution in [2.75, 3.05) is 0 Å². The number of nitro benzene ring substituents is 1. The number of benzene rings is 1. The predicted molar refractivity (Wildman–Crippen MR) is 61.1 cm³/mol. The molecule has 1 aromatic rings. The van der Waals surface area contributed by atoms with Crippen LogP contribution < -0.4 is 5.73 Å². The van der Waals surface area contributed by atoms with Crippen molar-refractivity contribution in [2.24, 2.45) is 10.7 Å². The molecule has 0 aliphatic heterocycles. The van der Waals surface area contributed by atoms with Crippen molar-refractivity contribution < 1.29 is 14.8 Å². The Bertz CT molecular complexity index is 453. The monoisotopic (exact) mass is 237 g/mol. The van der Waals surface area contributed by atoms with Crippen LogP contribution in [0.5, 0.6) is 0 Å². The molecule has 0 fully saturated rings. The maximum Gasteiger partial charge on any atom is 0.432 e. The third-order valence-corrected chi connectivity index (χ3v) is 2.06. The van der Waals surface area contributed by atoms with Gasteiger partial charge in [-0.3, -0.25) is 10.1 Å². The van der Waals surface area contributed by atoms with Gasteiger partial charge in [0.15, 0.2) is 0 Å². The molecule has 0 bridgehead atoms. The average Bonchev–Trinajstić information content (AvgIpc) is 2.26. The number of amidine groups is 1. The van der Waals surface area contributed by atoms with E-state index in [0.29, 0.717) is 12.8 Å². The van der Waals surface area contributed by atoms with Crippen LogP contribution in [0.3, 0.4) is 0 Å². The van der Waals surface area contributed by atoms with Crippen LogP contribution in [0.2, 0.25) is 0 Å². The first-order valence-corrected chi connectivity index (χ1v) is 4.78. The van der Waals surface area contributed by atoms with Crippen LogP contribution in [0.4, 0.5) is 10.5 Å². The van der Waals surface area contributed by atoms with E-state index in [2.05, 4.69) is 4.99 Å². The van der Waals surface area contributed by atoms with Crippen LogP contribution in [0.15, 0.2) is 29.3 Å². The Kier molecular flexibility index (Phi) is 4.15. The van der Waals surface area contributed by atoms with E-state index in [4.69, 9.17) is 10.8 Å². The van der Waals surface area contributed by atoms with Gasteiger partial charge in [0.1, 0.15) is 5.84 Å². The van der Waals surface area contributed by atoms with Crippen molar-refractivity contribution in [2.45, 2.75) is 12.8 Å². The highest BCUT2D eigenvalue weighted by molar-refractivity contribution is 5.89. The number of hydrogen-bond donors (Lipinski definition) is 2. The van der Waals surface area contributed by atoms with Crippen molar-refractivity contribution in [1.82, 2.24) is 0 Å². The van der Waals surface area contributed by atoms with E-state index in [0.717, 1.165) is 5.56 Å². The number of non-ortho nitro benzene ring substituents is 1. The Morgan fingerprint density at radius 1 is 1.41 bits per heavy atom. The number of amides is 1. The minimum absolute atomic E-state index is 0.0147. The summed E-state index contributed by atoms with van der Waals surface area (Å²) in [5, 5.41) is 18.7. The second-order valence-corrected chi connectivity index (χ2v) is 3.31. The van der Waals surface area contributed by atoms with Gasteiger partial charge in [-0.15, -0.1) is 0 Å². The summed E-state index contributed by atoms with van der Waals surface area (Å²) in [5.74, 6) is 0.0239. The third-order valence-electron chi connectivity index (χ3n) is 2.06. The molecule has 0 aliphatic rings. The largest absolute Gasteiger partial charge is 0.463 e. The summed E-state index contributed by atoms with van der Waals surface area (Å²) in [4.78, 5) is 23.3. The van der Waals surface area contributed by atoms with E-state index in [1.54, 1.807) is 12.1 Å². The van der Waals surface area contributed by atoms with E-state index in [9.17, 15) is 14.9 Å². The second kappa shape index (κ2) is 5.59. The molecular formula is C10H11N3O4. The summed E-state index contributed by atoms with van der Waals surface area (Å²) < 4.78 is 0. The first-order valence-electron chi connectivity index (χ1n) is 4.78. The molecule has 0 radical (unpaired) electrons. The van der Waals surface area contributed by atoms with Crippen molar-refractivity contribution in [3.8, 4) is 0 Å². The number of rotatable bonds is 4. The van der Waals surface area contributed by atoms with Crippen LogP contribution in [-0.2, 0) is 6.42 Å². The number of aryl methyl sites for hydroxylation is 1. The summed E-state index contributed by atoms with van der Waals surface area (Å²) >= 11 is 0. The number of carbonyl (C=O) groups is 1. The van der Waals surface area contributed by atoms with Gasteiger partial charge in [-0.25, -0.2) is 4.79 Å². The fourth-order valence-corrected chi connectivity index (χ4v) is 1.24. The minimum Gasteiger partial charge on any atom is -0.463 e. The summed E-state index contributed by atoms with van der Waals surface area (Å²) in [7, 11) is 0. The molecule has 0 atom stereocenters. The Hall–Kier alpha value is -2.44. The van der Waals surface area contributed by atoms with Crippen molar-refractivity contribution in [3.63, 3.8) is 0 Å². The van der Waals surface area contributed by atoms with Gasteiger partial charge in [0.25, 0.3) is 5.69 Å². The van der Waals surface area contributed by atoms with Crippen molar-refractivity contribution >= 4 is 17.6 Å². The molecule has 0 saturated heterocycles. The average molecular weight is 237 g/mol. The fraction of sp³-hybridized carbons (Fsp3) is 0.200. The standard InChI is InChI=1S/C10H11N3O4/c11-9(12-10(14)15)6-3-7-1-4-8(5-2-7)13(16)17/h1-2,4-5H,3,6H2,(H2,11,12)(H,14,15). The Labute approximate surface area is 96.7 Å². The number of nitrogens with two attached hydrogens (primary N) is 1. The van der Waals surface area contributed by atoms with Crippen molar-refractivity contribution in [3.05, 3.63) is 39.9 Å². The number of hydrogen-bond acceptors (Lipinski definition) is 3. The lowest BCUT2D eigenvalue weighted by Crippen LogP contribution is -2.14. The van der Waals surface area contributed by atoms with Gasteiger partial charge in [-0.2, -0.15) is 4.99 Å². The van der Waals surface area contributed by atoms with Crippen LogP contribution in [0.25, 0.3) is 0 Å². The Balaban J connectivity index is 2.58. The van der Waals surface area contributed by atoms with Gasteiger partial charge in [-0.05, 0) is 12.0 Å². The van der Waals surface area contributed by atoms with Gasteiger partial charge in [0.2, 0.25) is 0 Å². The summed E-state index contributed by atoms with van der Waals surface area (Å²) in [6.45, 7) is 0. The molecule has 1 amide bonds. The van der Waals surface area contributed by atoms with Crippen LogP contribution >= 0.6 is 0 Å². The topological polar surface area (TPSA) is 119 Å². The van der Waals surface area contributed by atoms with Gasteiger partial charge in [-0.1, -0.05) is 12.1 Å². The highest BCUT2D eigenvalue weighted by Crippen LogP contribution is 2.12. The lowest BCUT2D eigenvalue weighted by molar-refractivity contribution is -0.384. The molecule has 0 aromatic heterocycles. The molecule has 1 rings (SSSR count). The lowest BCUT2D eigenvalue weighted by atomic mass is 10.1. The number of nitro groups is 1. The summed E-state index contributed by atoms with van der Waals surface area (Å²) in [6, 6.07) is 5.98. The van der Waals surface area contributed by atoms with Gasteiger partial charge in [0.05, 0.1) is 4.92 Å². The van der Waals surface area contributed by atoms with Gasteiger partial charge < -0.3 is 10.8 Å². The van der Waals surface area contributed by atoms with E-state index >= 15 is 0 Å². The van der Waals surface area contributed by atoms with E-state index < -0.39 is 11.0 Å². The molecule has 0 spiro atoms. The molecule has 1 aromatic carbocycles. The maximum atomic E-state index is 10.4. The second-order valence-electron chi connectivity index (χ2n) is 3.31. The lowest BCUT2D eigenvalue weighted by Gasteiger charge is -2.00. The van der Waals surface area contributed by atoms with Gasteiger partial charge in [0, 0.05) is 18.6 Å². The number of carboxylic acid groups (broad SMARTS) is 1. The predicted octanol–water partition coefficient (Wildman–Crippen LogP) is 1.56. The zero-order valence-corrected chi connectivity index (χ0v) is 8.87. The number of aliphatic imine (C=N–C) groups is 1. The normalized spacial score (nSPS) is 11.2. The van der Waals surface area contributed by atoms with E-state index in [1.165, 1.54) is 12.1 Å². The molecule has 90 valence electrons. The highest BCUT2D eigenvalue weighted by atomic mass is 16.6. The zero-order valence-electron chi connectivity index (χ0n) is 8.87. The SMILES string of the molecule is NC(CCc1ccc([N+](=O)[O-])cc1)=NC(=O)O.